The van der Waals surface area contributed by atoms with Gasteiger partial charge in [-0.25, -0.2) is 4.98 Å². The summed E-state index contributed by atoms with van der Waals surface area (Å²) in [6.45, 7) is 6.08. The van der Waals surface area contributed by atoms with E-state index in [9.17, 15) is 0 Å². The topological polar surface area (TPSA) is 19.4 Å². The number of rotatable bonds is 4. The number of likely N-dealkylation sites (tertiary alicyclic amines) is 1. The fourth-order valence-electron chi connectivity index (χ4n) is 3.42. The molecule has 1 aromatic heterocycles. The van der Waals surface area contributed by atoms with Gasteiger partial charge in [-0.1, -0.05) is 11.6 Å². The molecular formula is C16H23Cl2N3. The number of anilines is 1. The third-order valence-electron chi connectivity index (χ3n) is 4.68. The summed E-state index contributed by atoms with van der Waals surface area (Å²) in [5.41, 5.74) is 0.787. The Labute approximate surface area is 137 Å². The summed E-state index contributed by atoms with van der Waals surface area (Å²) in [5, 5.41) is 0.665. The molecule has 2 aliphatic heterocycles. The van der Waals surface area contributed by atoms with Gasteiger partial charge in [0.1, 0.15) is 5.82 Å². The first kappa shape index (κ1) is 15.4. The SMILES string of the molecule is ClCc1nc(N2CCC(CN3CCCC3)CC2)ccc1Cl. The van der Waals surface area contributed by atoms with Crippen LogP contribution in [0.2, 0.25) is 5.02 Å². The van der Waals surface area contributed by atoms with E-state index in [1.807, 2.05) is 12.1 Å². The fourth-order valence-corrected chi connectivity index (χ4v) is 3.86. The lowest BCUT2D eigenvalue weighted by Crippen LogP contribution is -2.38. The number of piperidine rings is 1. The molecule has 2 fully saturated rings. The maximum absolute atomic E-state index is 6.08. The Kier molecular flexibility index (Phi) is 5.25. The average Bonchev–Trinajstić information content (AvgIpc) is 3.02. The molecule has 0 aliphatic carbocycles. The molecule has 0 amide bonds. The summed E-state index contributed by atoms with van der Waals surface area (Å²) in [6.07, 6.45) is 5.29. The second kappa shape index (κ2) is 7.17. The first-order chi connectivity index (χ1) is 10.3. The van der Waals surface area contributed by atoms with Gasteiger partial charge < -0.3 is 9.80 Å². The molecular weight excluding hydrogens is 305 g/mol. The number of pyridine rings is 1. The van der Waals surface area contributed by atoms with Crippen LogP contribution in [0.5, 0.6) is 0 Å². The zero-order valence-electron chi connectivity index (χ0n) is 12.4. The highest BCUT2D eigenvalue weighted by Gasteiger charge is 2.23. The Balaban J connectivity index is 1.55. The van der Waals surface area contributed by atoms with Gasteiger partial charge in [-0.3, -0.25) is 0 Å². The lowest BCUT2D eigenvalue weighted by molar-refractivity contribution is 0.249. The highest BCUT2D eigenvalue weighted by molar-refractivity contribution is 6.32. The van der Waals surface area contributed by atoms with Crippen LogP contribution in [-0.2, 0) is 5.88 Å². The van der Waals surface area contributed by atoms with E-state index in [0.717, 1.165) is 30.5 Å². The predicted molar refractivity (Wildman–Crippen MR) is 89.4 cm³/mol. The molecule has 2 saturated heterocycles. The fraction of sp³-hybridized carbons (Fsp3) is 0.688. The number of alkyl halides is 1. The molecule has 0 radical (unpaired) electrons. The standard InChI is InChI=1S/C16H23Cl2N3/c17-11-15-14(18)3-4-16(19-15)21-9-5-13(6-10-21)12-20-7-1-2-8-20/h3-4,13H,1-2,5-12H2. The minimum absolute atomic E-state index is 0.373. The highest BCUT2D eigenvalue weighted by Crippen LogP contribution is 2.26. The Morgan fingerprint density at radius 1 is 1.10 bits per heavy atom. The van der Waals surface area contributed by atoms with Gasteiger partial charge in [-0.05, 0) is 56.8 Å². The molecule has 116 valence electrons. The van der Waals surface area contributed by atoms with Gasteiger partial charge in [0.05, 0.1) is 16.6 Å². The molecule has 1 aromatic rings. The summed E-state index contributed by atoms with van der Waals surface area (Å²) in [6, 6.07) is 3.93. The molecule has 3 rings (SSSR count). The molecule has 2 aliphatic rings. The van der Waals surface area contributed by atoms with Crippen molar-refractivity contribution in [1.29, 1.82) is 0 Å². The van der Waals surface area contributed by atoms with Crippen LogP contribution in [0, 0.1) is 5.92 Å². The summed E-state index contributed by atoms with van der Waals surface area (Å²) in [4.78, 5) is 9.59. The molecule has 0 unspecified atom stereocenters. The van der Waals surface area contributed by atoms with Gasteiger partial charge in [0.2, 0.25) is 0 Å². The number of hydrogen-bond donors (Lipinski definition) is 0. The summed E-state index contributed by atoms with van der Waals surface area (Å²) >= 11 is 12.0. The molecule has 0 aromatic carbocycles. The Bertz CT molecular complexity index is 467. The Morgan fingerprint density at radius 2 is 1.81 bits per heavy atom. The first-order valence-electron chi connectivity index (χ1n) is 7.95. The van der Waals surface area contributed by atoms with Crippen LogP contribution < -0.4 is 4.90 Å². The molecule has 0 N–H and O–H groups in total. The van der Waals surface area contributed by atoms with Gasteiger partial charge in [0.15, 0.2) is 0 Å². The number of aromatic nitrogens is 1. The van der Waals surface area contributed by atoms with Crippen LogP contribution >= 0.6 is 23.2 Å². The van der Waals surface area contributed by atoms with Gasteiger partial charge in [0, 0.05) is 19.6 Å². The highest BCUT2D eigenvalue weighted by atomic mass is 35.5. The normalized spacial score (nSPS) is 21.1. The van der Waals surface area contributed by atoms with E-state index in [1.54, 1.807) is 0 Å². The monoisotopic (exact) mass is 327 g/mol. The van der Waals surface area contributed by atoms with Gasteiger partial charge in [0.25, 0.3) is 0 Å². The van der Waals surface area contributed by atoms with Crippen LogP contribution in [0.25, 0.3) is 0 Å². The third-order valence-corrected chi connectivity index (χ3v) is 5.28. The largest absolute Gasteiger partial charge is 0.357 e. The van der Waals surface area contributed by atoms with Gasteiger partial charge >= 0.3 is 0 Å². The second-order valence-electron chi connectivity index (χ2n) is 6.17. The Morgan fingerprint density at radius 3 is 2.48 bits per heavy atom. The molecule has 0 spiro atoms. The van der Waals surface area contributed by atoms with Crippen molar-refractivity contribution in [1.82, 2.24) is 9.88 Å². The van der Waals surface area contributed by atoms with E-state index < -0.39 is 0 Å². The van der Waals surface area contributed by atoms with Crippen molar-refractivity contribution < 1.29 is 0 Å². The van der Waals surface area contributed by atoms with Crippen molar-refractivity contribution in [2.24, 2.45) is 5.92 Å². The zero-order valence-corrected chi connectivity index (χ0v) is 13.9. The molecule has 3 nitrogen and oxygen atoms in total. The summed E-state index contributed by atoms with van der Waals surface area (Å²) in [5.74, 6) is 2.24. The number of nitrogens with zero attached hydrogens (tertiary/aromatic N) is 3. The molecule has 5 heteroatoms. The summed E-state index contributed by atoms with van der Waals surface area (Å²) < 4.78 is 0. The van der Waals surface area contributed by atoms with Crippen molar-refractivity contribution in [3.8, 4) is 0 Å². The maximum atomic E-state index is 6.08. The second-order valence-corrected chi connectivity index (χ2v) is 6.84. The maximum Gasteiger partial charge on any atom is 0.128 e. The average molecular weight is 328 g/mol. The molecule has 21 heavy (non-hydrogen) atoms. The van der Waals surface area contributed by atoms with Crippen molar-refractivity contribution in [2.45, 2.75) is 31.6 Å². The minimum Gasteiger partial charge on any atom is -0.357 e. The summed E-state index contributed by atoms with van der Waals surface area (Å²) in [7, 11) is 0. The lowest BCUT2D eigenvalue weighted by atomic mass is 9.96. The van der Waals surface area contributed by atoms with E-state index in [1.165, 1.54) is 45.3 Å². The third kappa shape index (κ3) is 3.82. The van der Waals surface area contributed by atoms with E-state index in [0.29, 0.717) is 10.9 Å². The van der Waals surface area contributed by atoms with E-state index in [4.69, 9.17) is 23.2 Å². The van der Waals surface area contributed by atoms with Crippen LogP contribution in [0.15, 0.2) is 12.1 Å². The van der Waals surface area contributed by atoms with Crippen molar-refractivity contribution in [3.63, 3.8) is 0 Å². The molecule has 0 atom stereocenters. The van der Waals surface area contributed by atoms with Crippen molar-refractivity contribution in [2.75, 3.05) is 37.6 Å². The zero-order chi connectivity index (χ0) is 14.7. The Hall–Kier alpha value is -0.510. The molecule has 0 saturated carbocycles. The van der Waals surface area contributed by atoms with Gasteiger partial charge in [-0.15, -0.1) is 11.6 Å². The molecule has 3 heterocycles. The number of halogens is 2. The van der Waals surface area contributed by atoms with Crippen molar-refractivity contribution in [3.05, 3.63) is 22.8 Å². The quantitative estimate of drug-likeness (QED) is 0.784. The van der Waals surface area contributed by atoms with E-state index in [-0.39, 0.29) is 0 Å². The lowest BCUT2D eigenvalue weighted by Gasteiger charge is -2.34. The van der Waals surface area contributed by atoms with Crippen LogP contribution in [0.1, 0.15) is 31.4 Å². The number of hydrogen-bond acceptors (Lipinski definition) is 3. The predicted octanol–water partition coefficient (Wildman–Crippen LogP) is 3.79. The minimum atomic E-state index is 0.373. The first-order valence-corrected chi connectivity index (χ1v) is 8.86. The van der Waals surface area contributed by atoms with Crippen LogP contribution in [0.3, 0.4) is 0 Å². The van der Waals surface area contributed by atoms with Crippen molar-refractivity contribution >= 4 is 29.0 Å². The molecule has 0 bridgehead atoms. The van der Waals surface area contributed by atoms with Gasteiger partial charge in [-0.2, -0.15) is 0 Å². The van der Waals surface area contributed by atoms with E-state index >= 15 is 0 Å². The smallest absolute Gasteiger partial charge is 0.128 e. The van der Waals surface area contributed by atoms with Crippen LogP contribution in [-0.4, -0.2) is 42.6 Å². The van der Waals surface area contributed by atoms with E-state index in [2.05, 4.69) is 14.8 Å². The van der Waals surface area contributed by atoms with Crippen LogP contribution in [0.4, 0.5) is 5.82 Å².